The molecule has 0 aliphatic carbocycles. The molecule has 3 rings (SSSR count). The number of hydrogen-bond acceptors (Lipinski definition) is 3. The Bertz CT molecular complexity index is 759. The van der Waals surface area contributed by atoms with Crippen LogP contribution in [0.25, 0.3) is 22.4 Å². The van der Waals surface area contributed by atoms with E-state index >= 15 is 0 Å². The van der Waals surface area contributed by atoms with Crippen molar-refractivity contribution < 1.29 is 4.39 Å². The second-order valence-corrected chi connectivity index (χ2v) is 4.54. The van der Waals surface area contributed by atoms with E-state index in [1.54, 1.807) is 12.1 Å². The van der Waals surface area contributed by atoms with Gasteiger partial charge in [0, 0.05) is 11.3 Å². The topological polar surface area (TPSA) is 67.6 Å². The molecule has 0 saturated heterocycles. The number of nitrogens with zero attached hydrogens (tertiary/aromatic N) is 2. The standard InChI is InChI=1S/C14H13FN4/c1-7-8(2)17-14-11(7)12(16)18-13(19-14)9-3-5-10(15)6-4-9/h3-6H,1-2H3,(H3,16,17,18,19). The molecule has 0 amide bonds. The van der Waals surface area contributed by atoms with E-state index in [1.807, 2.05) is 13.8 Å². The van der Waals surface area contributed by atoms with Crippen molar-refractivity contribution >= 4 is 16.9 Å². The number of aromatic nitrogens is 3. The minimum absolute atomic E-state index is 0.288. The van der Waals surface area contributed by atoms with Crippen LogP contribution in [-0.2, 0) is 0 Å². The minimum Gasteiger partial charge on any atom is -0.383 e. The average molecular weight is 256 g/mol. The molecule has 2 heterocycles. The van der Waals surface area contributed by atoms with Crippen LogP contribution >= 0.6 is 0 Å². The summed E-state index contributed by atoms with van der Waals surface area (Å²) in [5.41, 5.74) is 9.51. The fourth-order valence-electron chi connectivity index (χ4n) is 2.13. The zero-order valence-corrected chi connectivity index (χ0v) is 10.7. The maximum absolute atomic E-state index is 12.9. The number of H-pyrrole nitrogens is 1. The Morgan fingerprint density at radius 1 is 1.11 bits per heavy atom. The van der Waals surface area contributed by atoms with E-state index in [0.29, 0.717) is 17.3 Å². The Hall–Kier alpha value is -2.43. The Kier molecular flexibility index (Phi) is 2.48. The van der Waals surface area contributed by atoms with Crippen molar-refractivity contribution in [1.82, 2.24) is 15.0 Å². The first-order chi connectivity index (χ1) is 9.06. The van der Waals surface area contributed by atoms with Crippen LogP contribution < -0.4 is 5.73 Å². The summed E-state index contributed by atoms with van der Waals surface area (Å²) in [6.07, 6.45) is 0. The van der Waals surface area contributed by atoms with Crippen LogP contribution in [0.4, 0.5) is 10.2 Å². The third kappa shape index (κ3) is 1.83. The second kappa shape index (κ2) is 4.05. The normalized spacial score (nSPS) is 11.1. The summed E-state index contributed by atoms with van der Waals surface area (Å²) in [6, 6.07) is 6.03. The molecule has 5 heteroatoms. The van der Waals surface area contributed by atoms with E-state index in [-0.39, 0.29) is 5.82 Å². The molecule has 19 heavy (non-hydrogen) atoms. The van der Waals surface area contributed by atoms with Gasteiger partial charge in [-0.3, -0.25) is 0 Å². The fraction of sp³-hybridized carbons (Fsp3) is 0.143. The van der Waals surface area contributed by atoms with Crippen molar-refractivity contribution in [2.75, 3.05) is 5.73 Å². The summed E-state index contributed by atoms with van der Waals surface area (Å²) in [4.78, 5) is 11.9. The van der Waals surface area contributed by atoms with E-state index in [2.05, 4.69) is 15.0 Å². The smallest absolute Gasteiger partial charge is 0.163 e. The predicted molar refractivity (Wildman–Crippen MR) is 73.2 cm³/mol. The highest BCUT2D eigenvalue weighted by Gasteiger charge is 2.12. The van der Waals surface area contributed by atoms with Gasteiger partial charge in [0.05, 0.1) is 5.39 Å². The van der Waals surface area contributed by atoms with Crippen LogP contribution in [0.2, 0.25) is 0 Å². The van der Waals surface area contributed by atoms with Gasteiger partial charge < -0.3 is 10.7 Å². The number of halogens is 1. The van der Waals surface area contributed by atoms with E-state index in [1.165, 1.54) is 12.1 Å². The number of benzene rings is 1. The molecule has 1 aromatic carbocycles. The Balaban J connectivity index is 2.23. The molecule has 0 saturated carbocycles. The predicted octanol–water partition coefficient (Wildman–Crippen LogP) is 2.96. The van der Waals surface area contributed by atoms with Crippen LogP contribution in [0, 0.1) is 19.7 Å². The fourth-order valence-corrected chi connectivity index (χ4v) is 2.13. The van der Waals surface area contributed by atoms with Crippen LogP contribution in [-0.4, -0.2) is 15.0 Å². The maximum atomic E-state index is 12.9. The van der Waals surface area contributed by atoms with Gasteiger partial charge in [-0.25, -0.2) is 14.4 Å². The second-order valence-electron chi connectivity index (χ2n) is 4.54. The SMILES string of the molecule is Cc1[nH]c2nc(-c3ccc(F)cc3)nc(N)c2c1C. The molecule has 3 aromatic rings. The van der Waals surface area contributed by atoms with E-state index < -0.39 is 0 Å². The van der Waals surface area contributed by atoms with Crippen LogP contribution in [0.3, 0.4) is 0 Å². The summed E-state index contributed by atoms with van der Waals surface area (Å²) in [5.74, 6) is 0.641. The number of nitrogens with two attached hydrogens (primary N) is 1. The van der Waals surface area contributed by atoms with Crippen LogP contribution in [0.1, 0.15) is 11.3 Å². The molecule has 4 nitrogen and oxygen atoms in total. The van der Waals surface area contributed by atoms with Gasteiger partial charge in [-0.15, -0.1) is 0 Å². The molecule has 0 bridgehead atoms. The van der Waals surface area contributed by atoms with Gasteiger partial charge in [0.15, 0.2) is 5.82 Å². The molecule has 0 unspecified atom stereocenters. The van der Waals surface area contributed by atoms with Gasteiger partial charge in [-0.05, 0) is 43.7 Å². The van der Waals surface area contributed by atoms with Crippen LogP contribution in [0.15, 0.2) is 24.3 Å². The quantitative estimate of drug-likeness (QED) is 0.703. The lowest BCUT2D eigenvalue weighted by molar-refractivity contribution is 0.628. The van der Waals surface area contributed by atoms with Gasteiger partial charge in [0.2, 0.25) is 0 Å². The third-order valence-corrected chi connectivity index (χ3v) is 3.28. The van der Waals surface area contributed by atoms with Gasteiger partial charge in [-0.1, -0.05) is 0 Å². The number of aromatic amines is 1. The molecule has 0 fully saturated rings. The van der Waals surface area contributed by atoms with Gasteiger partial charge in [0.1, 0.15) is 17.3 Å². The maximum Gasteiger partial charge on any atom is 0.163 e. The minimum atomic E-state index is -0.288. The number of rotatable bonds is 1. The monoisotopic (exact) mass is 256 g/mol. The number of hydrogen-bond donors (Lipinski definition) is 2. The lowest BCUT2D eigenvalue weighted by Crippen LogP contribution is -1.97. The van der Waals surface area contributed by atoms with E-state index in [4.69, 9.17) is 5.73 Å². The zero-order valence-electron chi connectivity index (χ0n) is 10.7. The molecule has 3 N–H and O–H groups in total. The van der Waals surface area contributed by atoms with Gasteiger partial charge in [-0.2, -0.15) is 0 Å². The third-order valence-electron chi connectivity index (χ3n) is 3.28. The van der Waals surface area contributed by atoms with Gasteiger partial charge >= 0.3 is 0 Å². The number of nitrogen functional groups attached to an aromatic ring is 1. The van der Waals surface area contributed by atoms with Gasteiger partial charge in [0.25, 0.3) is 0 Å². The number of fused-ring (bicyclic) bond motifs is 1. The first-order valence-corrected chi connectivity index (χ1v) is 5.94. The zero-order chi connectivity index (χ0) is 13.6. The summed E-state index contributed by atoms with van der Waals surface area (Å²) in [7, 11) is 0. The van der Waals surface area contributed by atoms with Crippen LogP contribution in [0.5, 0.6) is 0 Å². The molecular formula is C14H13FN4. The highest BCUT2D eigenvalue weighted by atomic mass is 19.1. The summed E-state index contributed by atoms with van der Waals surface area (Å²) in [5, 5.41) is 0.850. The summed E-state index contributed by atoms with van der Waals surface area (Å²) in [6.45, 7) is 3.94. The highest BCUT2D eigenvalue weighted by molar-refractivity contribution is 5.91. The molecule has 2 aromatic heterocycles. The molecule has 96 valence electrons. The van der Waals surface area contributed by atoms with Crippen molar-refractivity contribution in [3.8, 4) is 11.4 Å². The summed E-state index contributed by atoms with van der Waals surface area (Å²) < 4.78 is 12.9. The highest BCUT2D eigenvalue weighted by Crippen LogP contribution is 2.27. The molecule has 0 aliphatic rings. The van der Waals surface area contributed by atoms with Crippen molar-refractivity contribution in [2.24, 2.45) is 0 Å². The average Bonchev–Trinajstić information content (AvgIpc) is 2.66. The Morgan fingerprint density at radius 2 is 1.79 bits per heavy atom. The lowest BCUT2D eigenvalue weighted by atomic mass is 10.2. The van der Waals surface area contributed by atoms with Crippen molar-refractivity contribution in [3.63, 3.8) is 0 Å². The Morgan fingerprint density at radius 3 is 2.47 bits per heavy atom. The first kappa shape index (κ1) is 11.6. The van der Waals surface area contributed by atoms with Crippen molar-refractivity contribution in [1.29, 1.82) is 0 Å². The largest absolute Gasteiger partial charge is 0.383 e. The number of aryl methyl sites for hydroxylation is 2. The number of nitrogens with one attached hydrogen (secondary N) is 1. The Labute approximate surface area is 109 Å². The number of anilines is 1. The molecule has 0 radical (unpaired) electrons. The molecular weight excluding hydrogens is 243 g/mol. The molecule has 0 atom stereocenters. The van der Waals surface area contributed by atoms with Crippen molar-refractivity contribution in [3.05, 3.63) is 41.3 Å². The molecule has 0 aliphatic heterocycles. The first-order valence-electron chi connectivity index (χ1n) is 5.94. The molecule has 0 spiro atoms. The van der Waals surface area contributed by atoms with Crippen molar-refractivity contribution in [2.45, 2.75) is 13.8 Å². The van der Waals surface area contributed by atoms with E-state index in [0.717, 1.165) is 22.2 Å². The summed E-state index contributed by atoms with van der Waals surface area (Å²) >= 11 is 0. The van der Waals surface area contributed by atoms with E-state index in [9.17, 15) is 4.39 Å². The lowest BCUT2D eigenvalue weighted by Gasteiger charge is -2.03.